The number of nitrogens with one attached hydrogen (secondary N) is 1. The standard InChI is InChI=1S/C16H22N2O/c1-2-18-15(13-10-6-7-11-13)17-14(16(18)19)12-8-4-3-5-9-12/h3-5,8-9,13-15,17H,2,6-7,10-11H2,1H3. The smallest absolute Gasteiger partial charge is 0.245 e. The van der Waals surface area contributed by atoms with Gasteiger partial charge in [0.2, 0.25) is 5.91 Å². The molecule has 102 valence electrons. The molecule has 1 aromatic carbocycles. The molecular weight excluding hydrogens is 236 g/mol. The van der Waals surface area contributed by atoms with Gasteiger partial charge < -0.3 is 4.90 Å². The second kappa shape index (κ2) is 5.33. The van der Waals surface area contributed by atoms with Gasteiger partial charge in [-0.3, -0.25) is 10.1 Å². The Kier molecular flexibility index (Phi) is 3.56. The van der Waals surface area contributed by atoms with E-state index in [9.17, 15) is 4.79 Å². The van der Waals surface area contributed by atoms with Crippen molar-refractivity contribution in [1.29, 1.82) is 0 Å². The summed E-state index contributed by atoms with van der Waals surface area (Å²) in [6.45, 7) is 2.88. The Hall–Kier alpha value is -1.35. The van der Waals surface area contributed by atoms with Gasteiger partial charge in [0.05, 0.1) is 6.17 Å². The first-order chi connectivity index (χ1) is 9.31. The van der Waals surface area contributed by atoms with Crippen LogP contribution in [0, 0.1) is 5.92 Å². The van der Waals surface area contributed by atoms with Gasteiger partial charge in [-0.05, 0) is 31.2 Å². The molecule has 2 fully saturated rings. The fourth-order valence-corrected chi connectivity index (χ4v) is 3.54. The molecule has 0 aromatic heterocycles. The van der Waals surface area contributed by atoms with Gasteiger partial charge in [-0.2, -0.15) is 0 Å². The van der Waals surface area contributed by atoms with Crippen LogP contribution in [0.5, 0.6) is 0 Å². The molecule has 0 bridgehead atoms. The number of benzene rings is 1. The van der Waals surface area contributed by atoms with E-state index in [0.717, 1.165) is 12.1 Å². The van der Waals surface area contributed by atoms with E-state index in [1.165, 1.54) is 25.7 Å². The zero-order chi connectivity index (χ0) is 13.2. The zero-order valence-corrected chi connectivity index (χ0v) is 11.5. The summed E-state index contributed by atoms with van der Waals surface area (Å²) in [6, 6.07) is 9.94. The van der Waals surface area contributed by atoms with Crippen molar-refractivity contribution in [3.63, 3.8) is 0 Å². The number of likely N-dealkylation sites (N-methyl/N-ethyl adjacent to an activating group) is 1. The molecule has 1 saturated carbocycles. The number of hydrogen-bond donors (Lipinski definition) is 1. The molecule has 3 heteroatoms. The molecule has 1 aliphatic heterocycles. The highest BCUT2D eigenvalue weighted by molar-refractivity contribution is 5.85. The zero-order valence-electron chi connectivity index (χ0n) is 11.5. The molecule has 3 rings (SSSR count). The minimum absolute atomic E-state index is 0.147. The largest absolute Gasteiger partial charge is 0.325 e. The highest BCUT2D eigenvalue weighted by Gasteiger charge is 2.42. The predicted octanol–water partition coefficient (Wildman–Crippen LogP) is 2.70. The van der Waals surface area contributed by atoms with Crippen LogP contribution in [0.25, 0.3) is 0 Å². The summed E-state index contributed by atoms with van der Waals surface area (Å²) in [6.07, 6.45) is 5.37. The van der Waals surface area contributed by atoms with Crippen molar-refractivity contribution < 1.29 is 4.79 Å². The quantitative estimate of drug-likeness (QED) is 0.904. The van der Waals surface area contributed by atoms with Crippen LogP contribution in [-0.2, 0) is 4.79 Å². The Balaban J connectivity index is 1.83. The van der Waals surface area contributed by atoms with Crippen molar-refractivity contribution in [2.75, 3.05) is 6.54 Å². The Morgan fingerprint density at radius 1 is 1.21 bits per heavy atom. The average molecular weight is 258 g/mol. The molecular formula is C16H22N2O. The first-order valence-electron chi connectivity index (χ1n) is 7.42. The summed E-state index contributed by atoms with van der Waals surface area (Å²) in [5.74, 6) is 0.878. The number of carbonyl (C=O) groups is 1. The second-order valence-electron chi connectivity index (χ2n) is 5.62. The predicted molar refractivity (Wildman–Crippen MR) is 75.5 cm³/mol. The van der Waals surface area contributed by atoms with Crippen LogP contribution >= 0.6 is 0 Å². The minimum atomic E-state index is -0.147. The summed E-state index contributed by atoms with van der Waals surface area (Å²) in [5, 5.41) is 3.58. The molecule has 2 unspecified atom stereocenters. The average Bonchev–Trinajstić information content (AvgIpc) is 3.07. The van der Waals surface area contributed by atoms with E-state index in [0.29, 0.717) is 5.92 Å². The van der Waals surface area contributed by atoms with Crippen molar-refractivity contribution in [1.82, 2.24) is 10.2 Å². The number of rotatable bonds is 3. The fourth-order valence-electron chi connectivity index (χ4n) is 3.54. The maximum atomic E-state index is 12.6. The van der Waals surface area contributed by atoms with Gasteiger partial charge in [-0.25, -0.2) is 0 Å². The Morgan fingerprint density at radius 3 is 2.53 bits per heavy atom. The van der Waals surface area contributed by atoms with Crippen LogP contribution < -0.4 is 5.32 Å². The van der Waals surface area contributed by atoms with E-state index in [2.05, 4.69) is 12.2 Å². The van der Waals surface area contributed by atoms with E-state index in [-0.39, 0.29) is 18.1 Å². The third kappa shape index (κ3) is 2.27. The van der Waals surface area contributed by atoms with Crippen LogP contribution in [0.3, 0.4) is 0 Å². The lowest BCUT2D eigenvalue weighted by molar-refractivity contribution is -0.130. The molecule has 1 saturated heterocycles. The lowest BCUT2D eigenvalue weighted by Crippen LogP contribution is -2.42. The van der Waals surface area contributed by atoms with Crippen LogP contribution in [0.15, 0.2) is 30.3 Å². The normalized spacial score (nSPS) is 28.3. The van der Waals surface area contributed by atoms with Crippen molar-refractivity contribution in [2.24, 2.45) is 5.92 Å². The second-order valence-corrected chi connectivity index (χ2v) is 5.62. The van der Waals surface area contributed by atoms with E-state index < -0.39 is 0 Å². The van der Waals surface area contributed by atoms with Crippen LogP contribution in [-0.4, -0.2) is 23.5 Å². The summed E-state index contributed by atoms with van der Waals surface area (Å²) >= 11 is 0. The van der Waals surface area contributed by atoms with Gasteiger partial charge in [0, 0.05) is 6.54 Å². The summed E-state index contributed by atoms with van der Waals surface area (Å²) in [7, 11) is 0. The third-order valence-corrected chi connectivity index (χ3v) is 4.52. The molecule has 2 aliphatic rings. The summed E-state index contributed by atoms with van der Waals surface area (Å²) in [5.41, 5.74) is 1.09. The van der Waals surface area contributed by atoms with Crippen LogP contribution in [0.2, 0.25) is 0 Å². The fraction of sp³-hybridized carbons (Fsp3) is 0.562. The molecule has 1 aliphatic carbocycles. The number of amides is 1. The Morgan fingerprint density at radius 2 is 1.89 bits per heavy atom. The molecule has 1 heterocycles. The van der Waals surface area contributed by atoms with Gasteiger partial charge in [0.15, 0.2) is 0 Å². The summed E-state index contributed by atoms with van der Waals surface area (Å²) in [4.78, 5) is 14.6. The van der Waals surface area contributed by atoms with Gasteiger partial charge >= 0.3 is 0 Å². The Bertz CT molecular complexity index is 439. The van der Waals surface area contributed by atoms with Crippen LogP contribution in [0.1, 0.15) is 44.2 Å². The SMILES string of the molecule is CCN1C(=O)C(c2ccccc2)NC1C1CCCC1. The number of carbonyl (C=O) groups excluding carboxylic acids is 1. The maximum Gasteiger partial charge on any atom is 0.245 e. The van der Waals surface area contributed by atoms with Gasteiger partial charge in [0.1, 0.15) is 6.04 Å². The van der Waals surface area contributed by atoms with Crippen molar-refractivity contribution >= 4 is 5.91 Å². The lowest BCUT2D eigenvalue weighted by Gasteiger charge is -2.27. The molecule has 2 atom stereocenters. The summed E-state index contributed by atoms with van der Waals surface area (Å²) < 4.78 is 0. The van der Waals surface area contributed by atoms with E-state index in [4.69, 9.17) is 0 Å². The topological polar surface area (TPSA) is 32.3 Å². The molecule has 1 aromatic rings. The number of hydrogen-bond acceptors (Lipinski definition) is 2. The lowest BCUT2D eigenvalue weighted by atomic mass is 10.0. The molecule has 3 nitrogen and oxygen atoms in total. The van der Waals surface area contributed by atoms with Crippen molar-refractivity contribution in [3.8, 4) is 0 Å². The van der Waals surface area contributed by atoms with E-state index >= 15 is 0 Å². The number of nitrogens with zero attached hydrogens (tertiary/aromatic N) is 1. The molecule has 0 spiro atoms. The van der Waals surface area contributed by atoms with E-state index in [1.54, 1.807) is 0 Å². The minimum Gasteiger partial charge on any atom is -0.325 e. The molecule has 1 amide bonds. The van der Waals surface area contributed by atoms with Crippen LogP contribution in [0.4, 0.5) is 0 Å². The maximum absolute atomic E-state index is 12.6. The third-order valence-electron chi connectivity index (χ3n) is 4.52. The molecule has 1 N–H and O–H groups in total. The highest BCUT2D eigenvalue weighted by atomic mass is 16.2. The first-order valence-corrected chi connectivity index (χ1v) is 7.42. The molecule has 0 radical (unpaired) electrons. The Labute approximate surface area is 115 Å². The first kappa shape index (κ1) is 12.7. The van der Waals surface area contributed by atoms with Gasteiger partial charge in [-0.1, -0.05) is 43.2 Å². The van der Waals surface area contributed by atoms with Crippen molar-refractivity contribution in [2.45, 2.75) is 44.8 Å². The van der Waals surface area contributed by atoms with Crippen molar-refractivity contribution in [3.05, 3.63) is 35.9 Å². The highest BCUT2D eigenvalue weighted by Crippen LogP contribution is 2.35. The van der Waals surface area contributed by atoms with Gasteiger partial charge in [-0.15, -0.1) is 0 Å². The molecule has 19 heavy (non-hydrogen) atoms. The monoisotopic (exact) mass is 258 g/mol. The van der Waals surface area contributed by atoms with Gasteiger partial charge in [0.25, 0.3) is 0 Å². The van der Waals surface area contributed by atoms with E-state index in [1.807, 2.05) is 35.2 Å².